The maximum absolute atomic E-state index is 12.9. The summed E-state index contributed by atoms with van der Waals surface area (Å²) in [5.41, 5.74) is -0.868. The van der Waals surface area contributed by atoms with Gasteiger partial charge in [-0.15, -0.1) is 0 Å². The van der Waals surface area contributed by atoms with E-state index in [1.165, 1.54) is 18.2 Å². The first-order valence-electron chi connectivity index (χ1n) is 6.17. The third kappa shape index (κ3) is 2.40. The van der Waals surface area contributed by atoms with Crippen molar-refractivity contribution in [1.82, 2.24) is 10.1 Å². The zero-order chi connectivity index (χ0) is 14.2. The lowest BCUT2D eigenvalue weighted by Crippen LogP contribution is -2.07. The molecule has 0 radical (unpaired) electrons. The van der Waals surface area contributed by atoms with Gasteiger partial charge in [0, 0.05) is 12.2 Å². The van der Waals surface area contributed by atoms with Gasteiger partial charge in [0.05, 0.1) is 5.56 Å². The van der Waals surface area contributed by atoms with Gasteiger partial charge < -0.3 is 9.26 Å². The van der Waals surface area contributed by atoms with E-state index in [4.69, 9.17) is 9.26 Å². The molecular weight excluding hydrogens is 273 g/mol. The fourth-order valence-electron chi connectivity index (χ4n) is 2.17. The molecule has 4 nitrogen and oxygen atoms in total. The molecule has 0 unspecified atom stereocenters. The van der Waals surface area contributed by atoms with Gasteiger partial charge in [-0.05, 0) is 18.9 Å². The van der Waals surface area contributed by atoms with Crippen molar-refractivity contribution in [1.29, 1.82) is 0 Å². The van der Waals surface area contributed by atoms with Crippen LogP contribution >= 0.6 is 0 Å². The SMILES string of the molecule is FC(F)(F)c1ccccc1-c1noc([C@H]2CCCO2)n1. The topological polar surface area (TPSA) is 48.2 Å². The predicted octanol–water partition coefficient (Wildman–Crippen LogP) is 3.61. The average Bonchev–Trinajstić information content (AvgIpc) is 3.09. The summed E-state index contributed by atoms with van der Waals surface area (Å²) >= 11 is 0. The van der Waals surface area contributed by atoms with Crippen LogP contribution in [0.1, 0.15) is 30.4 Å². The highest BCUT2D eigenvalue weighted by Crippen LogP contribution is 2.36. The lowest BCUT2D eigenvalue weighted by Gasteiger charge is -2.09. The number of hydrogen-bond acceptors (Lipinski definition) is 4. The monoisotopic (exact) mass is 284 g/mol. The summed E-state index contributed by atoms with van der Waals surface area (Å²) in [6.07, 6.45) is -3.15. The van der Waals surface area contributed by atoms with Crippen LogP contribution in [0.15, 0.2) is 28.8 Å². The summed E-state index contributed by atoms with van der Waals surface area (Å²) < 4.78 is 49.2. The molecule has 0 saturated carbocycles. The van der Waals surface area contributed by atoms with Gasteiger partial charge in [0.25, 0.3) is 5.89 Å². The van der Waals surface area contributed by atoms with E-state index in [1.807, 2.05) is 0 Å². The van der Waals surface area contributed by atoms with Crippen molar-refractivity contribution < 1.29 is 22.4 Å². The highest BCUT2D eigenvalue weighted by molar-refractivity contribution is 5.60. The lowest BCUT2D eigenvalue weighted by atomic mass is 10.1. The molecule has 106 valence electrons. The normalized spacial score (nSPS) is 19.4. The summed E-state index contributed by atoms with van der Waals surface area (Å²) in [5.74, 6) is 0.165. The molecule has 2 aromatic rings. The average molecular weight is 284 g/mol. The number of ether oxygens (including phenoxy) is 1. The molecule has 1 aliphatic heterocycles. The van der Waals surface area contributed by atoms with Crippen LogP contribution in [-0.2, 0) is 10.9 Å². The van der Waals surface area contributed by atoms with E-state index in [9.17, 15) is 13.2 Å². The number of rotatable bonds is 2. The summed E-state index contributed by atoms with van der Waals surface area (Å²) in [6.45, 7) is 0.599. The fraction of sp³-hybridized carbons (Fsp3) is 0.385. The maximum atomic E-state index is 12.9. The number of alkyl halides is 3. The largest absolute Gasteiger partial charge is 0.417 e. The zero-order valence-corrected chi connectivity index (χ0v) is 10.4. The second-order valence-electron chi connectivity index (χ2n) is 4.50. The van der Waals surface area contributed by atoms with Crippen LogP contribution in [0.3, 0.4) is 0 Å². The number of hydrogen-bond donors (Lipinski definition) is 0. The van der Waals surface area contributed by atoms with Gasteiger partial charge in [-0.25, -0.2) is 0 Å². The summed E-state index contributed by atoms with van der Waals surface area (Å²) in [6, 6.07) is 5.16. The molecule has 0 N–H and O–H groups in total. The first-order valence-corrected chi connectivity index (χ1v) is 6.17. The third-order valence-corrected chi connectivity index (χ3v) is 3.12. The van der Waals surface area contributed by atoms with Crippen LogP contribution < -0.4 is 0 Å². The van der Waals surface area contributed by atoms with Crippen LogP contribution in [0, 0.1) is 0 Å². The molecule has 1 saturated heterocycles. The standard InChI is InChI=1S/C13H11F3N2O2/c14-13(15,16)9-5-2-1-4-8(9)11-17-12(20-18-11)10-6-3-7-19-10/h1-2,4-5,10H,3,6-7H2/t10-/m1/s1. The van der Waals surface area contributed by atoms with Crippen LogP contribution in [-0.4, -0.2) is 16.7 Å². The molecule has 1 aromatic carbocycles. The molecule has 1 atom stereocenters. The van der Waals surface area contributed by atoms with E-state index >= 15 is 0 Å². The Kier molecular flexibility index (Phi) is 3.21. The van der Waals surface area contributed by atoms with Crippen LogP contribution in [0.25, 0.3) is 11.4 Å². The van der Waals surface area contributed by atoms with E-state index in [2.05, 4.69) is 10.1 Å². The molecule has 1 aromatic heterocycles. The Morgan fingerprint density at radius 1 is 1.20 bits per heavy atom. The number of halogens is 3. The molecular formula is C13H11F3N2O2. The van der Waals surface area contributed by atoms with E-state index in [-0.39, 0.29) is 23.4 Å². The smallest absolute Gasteiger partial charge is 0.368 e. The number of benzene rings is 1. The van der Waals surface area contributed by atoms with Gasteiger partial charge in [0.1, 0.15) is 6.10 Å². The summed E-state index contributed by atoms with van der Waals surface area (Å²) in [4.78, 5) is 4.03. The van der Waals surface area contributed by atoms with Crippen LogP contribution in [0.2, 0.25) is 0 Å². The molecule has 1 aliphatic rings. The van der Waals surface area contributed by atoms with Crippen molar-refractivity contribution in [3.8, 4) is 11.4 Å². The highest BCUT2D eigenvalue weighted by atomic mass is 19.4. The van der Waals surface area contributed by atoms with Gasteiger partial charge in [-0.3, -0.25) is 0 Å². The van der Waals surface area contributed by atoms with Gasteiger partial charge in [0.15, 0.2) is 0 Å². The van der Waals surface area contributed by atoms with Crippen LogP contribution in [0.4, 0.5) is 13.2 Å². The molecule has 0 bridgehead atoms. The first kappa shape index (κ1) is 13.1. The van der Waals surface area contributed by atoms with Crippen molar-refractivity contribution in [3.05, 3.63) is 35.7 Å². The molecule has 20 heavy (non-hydrogen) atoms. The second-order valence-corrected chi connectivity index (χ2v) is 4.50. The maximum Gasteiger partial charge on any atom is 0.417 e. The predicted molar refractivity (Wildman–Crippen MR) is 62.7 cm³/mol. The van der Waals surface area contributed by atoms with Gasteiger partial charge >= 0.3 is 6.18 Å². The molecule has 0 aliphatic carbocycles. The number of aromatic nitrogens is 2. The Morgan fingerprint density at radius 3 is 2.70 bits per heavy atom. The molecule has 0 amide bonds. The second kappa shape index (κ2) is 4.90. The van der Waals surface area contributed by atoms with Gasteiger partial charge in [-0.2, -0.15) is 18.2 Å². The fourth-order valence-corrected chi connectivity index (χ4v) is 2.17. The minimum Gasteiger partial charge on any atom is -0.368 e. The van der Waals surface area contributed by atoms with Crippen molar-refractivity contribution in [3.63, 3.8) is 0 Å². The van der Waals surface area contributed by atoms with Gasteiger partial charge in [0.2, 0.25) is 5.82 Å². The molecule has 7 heteroatoms. The zero-order valence-electron chi connectivity index (χ0n) is 10.4. The Bertz CT molecular complexity index is 604. The minimum absolute atomic E-state index is 0.0663. The van der Waals surface area contributed by atoms with Crippen molar-refractivity contribution in [2.24, 2.45) is 0 Å². The van der Waals surface area contributed by atoms with Crippen LogP contribution in [0.5, 0.6) is 0 Å². The third-order valence-electron chi connectivity index (χ3n) is 3.12. The van der Waals surface area contributed by atoms with E-state index in [1.54, 1.807) is 0 Å². The lowest BCUT2D eigenvalue weighted by molar-refractivity contribution is -0.137. The minimum atomic E-state index is -4.46. The molecule has 1 fully saturated rings. The highest BCUT2D eigenvalue weighted by Gasteiger charge is 2.35. The molecule has 0 spiro atoms. The number of nitrogens with zero attached hydrogens (tertiary/aromatic N) is 2. The Morgan fingerprint density at radius 2 is 2.00 bits per heavy atom. The molecule has 3 rings (SSSR count). The molecule has 2 heterocycles. The van der Waals surface area contributed by atoms with Crippen molar-refractivity contribution in [2.45, 2.75) is 25.1 Å². The Hall–Kier alpha value is -1.89. The Balaban J connectivity index is 1.97. The quantitative estimate of drug-likeness (QED) is 0.845. The Labute approximate surface area is 112 Å². The van der Waals surface area contributed by atoms with E-state index < -0.39 is 11.7 Å². The van der Waals surface area contributed by atoms with E-state index in [0.717, 1.165) is 18.9 Å². The first-order chi connectivity index (χ1) is 9.55. The van der Waals surface area contributed by atoms with Crippen molar-refractivity contribution >= 4 is 0 Å². The van der Waals surface area contributed by atoms with E-state index in [0.29, 0.717) is 6.61 Å². The summed E-state index contributed by atoms with van der Waals surface area (Å²) in [7, 11) is 0. The van der Waals surface area contributed by atoms with Crippen molar-refractivity contribution in [2.75, 3.05) is 6.61 Å². The summed E-state index contributed by atoms with van der Waals surface area (Å²) in [5, 5.41) is 3.64. The van der Waals surface area contributed by atoms with Gasteiger partial charge in [-0.1, -0.05) is 23.4 Å².